The monoisotopic (exact) mass is 402 g/mol. The van der Waals surface area contributed by atoms with Gasteiger partial charge in [-0.3, -0.25) is 4.90 Å². The Morgan fingerprint density at radius 3 is 2.52 bits per heavy atom. The van der Waals surface area contributed by atoms with Gasteiger partial charge in [0.2, 0.25) is 0 Å². The third-order valence-corrected chi connectivity index (χ3v) is 7.86. The molecule has 1 saturated heterocycles. The molecule has 0 radical (unpaired) electrons. The molecule has 3 fully saturated rings. The molecule has 29 heavy (non-hydrogen) atoms. The molecule has 162 valence electrons. The third-order valence-electron chi connectivity index (χ3n) is 7.86. The lowest BCUT2D eigenvalue weighted by Gasteiger charge is -2.43. The Hall–Kier alpha value is -1.30. The highest BCUT2D eigenvalue weighted by atomic mass is 16.5. The maximum atomic E-state index is 10.7. The number of anilines is 1. The van der Waals surface area contributed by atoms with Crippen LogP contribution in [0.2, 0.25) is 0 Å². The second-order valence-corrected chi connectivity index (χ2v) is 10.2. The lowest BCUT2D eigenvalue weighted by molar-refractivity contribution is -0.113. The van der Waals surface area contributed by atoms with Crippen LogP contribution in [0.5, 0.6) is 5.75 Å². The van der Waals surface area contributed by atoms with Crippen molar-refractivity contribution in [1.29, 1.82) is 0 Å². The van der Waals surface area contributed by atoms with E-state index in [1.54, 1.807) is 7.11 Å². The van der Waals surface area contributed by atoms with E-state index >= 15 is 0 Å². The van der Waals surface area contributed by atoms with E-state index in [-0.39, 0.29) is 11.5 Å². The molecule has 0 spiro atoms. The van der Waals surface area contributed by atoms with Gasteiger partial charge in [0.1, 0.15) is 5.75 Å². The number of nitrogens with zero attached hydrogens (tertiary/aromatic N) is 2. The maximum Gasteiger partial charge on any atom is 0.142 e. The summed E-state index contributed by atoms with van der Waals surface area (Å²) in [6, 6.07) is 8.20. The van der Waals surface area contributed by atoms with Crippen LogP contribution in [0, 0.1) is 16.7 Å². The van der Waals surface area contributed by atoms with E-state index in [1.807, 2.05) is 12.1 Å². The number of β-amino-alcohol motifs (C(OH)–C–C–N with tert-alkyl or cyclic N) is 1. The number of ether oxygens (including phenoxy) is 2. The van der Waals surface area contributed by atoms with E-state index in [4.69, 9.17) is 9.47 Å². The Labute approximate surface area is 176 Å². The Kier molecular flexibility index (Phi) is 5.84. The molecule has 1 N–H and O–H groups in total. The van der Waals surface area contributed by atoms with Gasteiger partial charge in [-0.05, 0) is 48.1 Å². The molecule has 1 aliphatic heterocycles. The number of rotatable bonds is 7. The fourth-order valence-corrected chi connectivity index (χ4v) is 6.29. The van der Waals surface area contributed by atoms with E-state index in [2.05, 4.69) is 42.7 Å². The van der Waals surface area contributed by atoms with E-state index in [0.717, 1.165) is 43.5 Å². The van der Waals surface area contributed by atoms with Crippen molar-refractivity contribution in [1.82, 2.24) is 4.90 Å². The Morgan fingerprint density at radius 1 is 1.14 bits per heavy atom. The number of benzene rings is 1. The second-order valence-electron chi connectivity index (χ2n) is 10.2. The third kappa shape index (κ3) is 4.01. The first kappa shape index (κ1) is 21.0. The molecule has 0 amide bonds. The number of fused-ring (bicyclic) bond motifs is 2. The predicted molar refractivity (Wildman–Crippen MR) is 117 cm³/mol. The van der Waals surface area contributed by atoms with E-state index in [1.165, 1.54) is 19.3 Å². The SMILES string of the molecule is COc1ccccc1N1CCN(C[C@H](O)CO[C@H]2C(C)(C)[C@H]3CC[C@@]2(C)C3)CC1. The minimum atomic E-state index is -0.425. The number of hydrogen-bond donors (Lipinski definition) is 1. The number of methoxy groups -OCH3 is 1. The van der Waals surface area contributed by atoms with Crippen molar-refractivity contribution in [3.8, 4) is 5.75 Å². The first-order valence-electron chi connectivity index (χ1n) is 11.2. The minimum Gasteiger partial charge on any atom is -0.495 e. The number of aliphatic hydroxyl groups excluding tert-OH is 1. The van der Waals surface area contributed by atoms with Crippen LogP contribution in [0.3, 0.4) is 0 Å². The number of piperazine rings is 1. The molecular formula is C24H38N2O3. The summed E-state index contributed by atoms with van der Waals surface area (Å²) in [5, 5.41) is 10.7. The van der Waals surface area contributed by atoms with Gasteiger partial charge >= 0.3 is 0 Å². The summed E-state index contributed by atoms with van der Waals surface area (Å²) in [4.78, 5) is 4.73. The smallest absolute Gasteiger partial charge is 0.142 e. The summed E-state index contributed by atoms with van der Waals surface area (Å²) in [6.07, 6.45) is 3.73. The van der Waals surface area contributed by atoms with Crippen molar-refractivity contribution in [2.75, 3.05) is 51.3 Å². The predicted octanol–water partition coefficient (Wildman–Crippen LogP) is 3.41. The van der Waals surface area contributed by atoms with Gasteiger partial charge in [-0.1, -0.05) is 32.9 Å². The van der Waals surface area contributed by atoms with Crippen LogP contribution in [0.4, 0.5) is 5.69 Å². The highest BCUT2D eigenvalue weighted by molar-refractivity contribution is 5.58. The first-order valence-corrected chi connectivity index (χ1v) is 11.2. The Morgan fingerprint density at radius 2 is 1.86 bits per heavy atom. The molecule has 0 aromatic heterocycles. The number of aliphatic hydroxyl groups is 1. The van der Waals surface area contributed by atoms with Gasteiger partial charge in [0, 0.05) is 32.7 Å². The molecule has 0 unspecified atom stereocenters. The van der Waals surface area contributed by atoms with Gasteiger partial charge in [0.25, 0.3) is 0 Å². The van der Waals surface area contributed by atoms with Crippen molar-refractivity contribution in [2.45, 2.75) is 52.2 Å². The lowest BCUT2D eigenvalue weighted by atomic mass is 9.70. The van der Waals surface area contributed by atoms with Crippen molar-refractivity contribution in [3.63, 3.8) is 0 Å². The molecule has 1 heterocycles. The largest absolute Gasteiger partial charge is 0.495 e. The highest BCUT2D eigenvalue weighted by Crippen LogP contribution is 2.63. The molecule has 1 aromatic rings. The fraction of sp³-hybridized carbons (Fsp3) is 0.750. The molecule has 1 aromatic carbocycles. The quantitative estimate of drug-likeness (QED) is 0.757. The molecule has 4 rings (SSSR count). The average molecular weight is 403 g/mol. The van der Waals surface area contributed by atoms with Crippen LogP contribution in [0.1, 0.15) is 40.0 Å². The fourth-order valence-electron chi connectivity index (χ4n) is 6.29. The first-order chi connectivity index (χ1) is 13.8. The Bertz CT molecular complexity index is 696. The molecule has 3 aliphatic rings. The molecule has 2 saturated carbocycles. The Balaban J connectivity index is 1.25. The topological polar surface area (TPSA) is 45.2 Å². The summed E-state index contributed by atoms with van der Waals surface area (Å²) < 4.78 is 11.9. The van der Waals surface area contributed by atoms with E-state index in [9.17, 15) is 5.11 Å². The van der Waals surface area contributed by atoms with Crippen LogP contribution in [0.15, 0.2) is 24.3 Å². The normalized spacial score (nSPS) is 32.5. The molecule has 4 atom stereocenters. The zero-order valence-corrected chi connectivity index (χ0v) is 18.6. The zero-order chi connectivity index (χ0) is 20.6. The van der Waals surface area contributed by atoms with Crippen LogP contribution >= 0.6 is 0 Å². The van der Waals surface area contributed by atoms with Gasteiger partial charge in [-0.25, -0.2) is 0 Å². The number of hydrogen-bond acceptors (Lipinski definition) is 5. The lowest BCUT2D eigenvalue weighted by Crippen LogP contribution is -2.50. The minimum absolute atomic E-state index is 0.229. The summed E-state index contributed by atoms with van der Waals surface area (Å²) in [5.41, 5.74) is 1.69. The number of para-hydroxylation sites is 2. The molecule has 2 aliphatic carbocycles. The van der Waals surface area contributed by atoms with Gasteiger partial charge in [0.15, 0.2) is 0 Å². The van der Waals surface area contributed by atoms with Gasteiger partial charge in [-0.15, -0.1) is 0 Å². The maximum absolute atomic E-state index is 10.7. The van der Waals surface area contributed by atoms with Gasteiger partial charge in [0.05, 0.1) is 31.6 Å². The van der Waals surface area contributed by atoms with E-state index in [0.29, 0.717) is 18.6 Å². The molecule has 2 bridgehead atoms. The van der Waals surface area contributed by atoms with Crippen LogP contribution in [-0.4, -0.2) is 68.7 Å². The summed E-state index contributed by atoms with van der Waals surface area (Å²) in [7, 11) is 1.73. The summed E-state index contributed by atoms with van der Waals surface area (Å²) in [6.45, 7) is 12.0. The van der Waals surface area contributed by atoms with Crippen molar-refractivity contribution >= 4 is 5.69 Å². The zero-order valence-electron chi connectivity index (χ0n) is 18.6. The highest BCUT2D eigenvalue weighted by Gasteiger charge is 2.60. The van der Waals surface area contributed by atoms with Crippen molar-refractivity contribution < 1.29 is 14.6 Å². The van der Waals surface area contributed by atoms with Gasteiger partial charge in [-0.2, -0.15) is 0 Å². The van der Waals surface area contributed by atoms with Crippen molar-refractivity contribution in [2.24, 2.45) is 16.7 Å². The van der Waals surface area contributed by atoms with Gasteiger partial charge < -0.3 is 19.5 Å². The molecular weight excluding hydrogens is 364 g/mol. The van der Waals surface area contributed by atoms with E-state index < -0.39 is 6.10 Å². The average Bonchev–Trinajstić information content (AvgIpc) is 3.19. The van der Waals surface area contributed by atoms with Crippen LogP contribution in [0.25, 0.3) is 0 Å². The summed E-state index contributed by atoms with van der Waals surface area (Å²) >= 11 is 0. The molecule has 5 nitrogen and oxygen atoms in total. The standard InChI is InChI=1S/C24H38N2O3/c1-23(2)18-9-10-24(3,15-18)22(23)29-17-19(27)16-25-11-13-26(14-12-25)20-7-5-6-8-21(20)28-4/h5-8,18-19,22,27H,9-17H2,1-4H3/t18-,19-,22-,24-/m0/s1. The van der Waals surface area contributed by atoms with Crippen molar-refractivity contribution in [3.05, 3.63) is 24.3 Å². The summed E-state index contributed by atoms with van der Waals surface area (Å²) in [5.74, 6) is 1.70. The second kappa shape index (κ2) is 8.09. The molecule has 5 heteroatoms. The van der Waals surface area contributed by atoms with Crippen LogP contribution < -0.4 is 9.64 Å². The van der Waals surface area contributed by atoms with Crippen LogP contribution in [-0.2, 0) is 4.74 Å².